The van der Waals surface area contributed by atoms with Crippen LogP contribution in [0.5, 0.6) is 11.5 Å². The predicted molar refractivity (Wildman–Crippen MR) is 106 cm³/mol. The van der Waals surface area contributed by atoms with E-state index in [1.54, 1.807) is 6.92 Å². The normalized spacial score (nSPS) is 18.5. The summed E-state index contributed by atoms with van der Waals surface area (Å²) >= 11 is 0. The third-order valence-electron chi connectivity index (χ3n) is 6.03. The van der Waals surface area contributed by atoms with Crippen molar-refractivity contribution in [2.75, 3.05) is 0 Å². The number of aryl methyl sites for hydroxylation is 1. The molecule has 0 saturated heterocycles. The number of aromatic hydroxyl groups is 2. The van der Waals surface area contributed by atoms with Crippen molar-refractivity contribution >= 4 is 16.3 Å². The van der Waals surface area contributed by atoms with Gasteiger partial charge in [0.15, 0.2) is 22.9 Å². The van der Waals surface area contributed by atoms with E-state index in [-0.39, 0.29) is 36.0 Å². The van der Waals surface area contributed by atoms with Crippen LogP contribution in [0.1, 0.15) is 64.5 Å². The fourth-order valence-electron chi connectivity index (χ4n) is 4.64. The SMILES string of the molecule is CCc1cccc2c1C(O[Si])(C(F)(F)C(F)(F)F)c1c(CC)c(CC)c(O)c(O)c1C2=O. The second-order valence-corrected chi connectivity index (χ2v) is 7.69. The number of carbonyl (C=O) groups is 1. The van der Waals surface area contributed by atoms with Crippen LogP contribution >= 0.6 is 0 Å². The number of benzene rings is 2. The van der Waals surface area contributed by atoms with Crippen molar-refractivity contribution in [2.24, 2.45) is 0 Å². The van der Waals surface area contributed by atoms with Crippen LogP contribution in [-0.4, -0.2) is 38.6 Å². The van der Waals surface area contributed by atoms with E-state index in [0.717, 1.165) is 6.07 Å². The summed E-state index contributed by atoms with van der Waals surface area (Å²) in [6.45, 7) is 4.57. The first kappa shape index (κ1) is 24.2. The molecular formula is C22H20F5O4Si. The van der Waals surface area contributed by atoms with E-state index in [0.29, 0.717) is 0 Å². The van der Waals surface area contributed by atoms with Gasteiger partial charge in [0, 0.05) is 22.3 Å². The van der Waals surface area contributed by atoms with Crippen LogP contribution in [0.4, 0.5) is 22.0 Å². The van der Waals surface area contributed by atoms with Gasteiger partial charge in [-0.2, -0.15) is 22.0 Å². The Balaban J connectivity index is 2.73. The standard InChI is InChI=1S/C22H20F5O4Si/c1-4-10-8-7-9-13-15(10)20(31-32,21(23,24)22(25,26)27)16-11(5-2)12(6-3)18(29)19(30)14(16)17(13)28/h7-9,29-30H,4-6H2,1-3H3. The van der Waals surface area contributed by atoms with Crippen LogP contribution < -0.4 is 0 Å². The fraction of sp³-hybridized carbons (Fsp3) is 0.409. The summed E-state index contributed by atoms with van der Waals surface area (Å²) in [7, 11) is 2.50. The van der Waals surface area contributed by atoms with Crippen molar-refractivity contribution in [3.63, 3.8) is 0 Å². The number of alkyl halides is 5. The summed E-state index contributed by atoms with van der Waals surface area (Å²) in [5.74, 6) is -8.30. The zero-order valence-corrected chi connectivity index (χ0v) is 18.5. The Morgan fingerprint density at radius 1 is 0.938 bits per heavy atom. The van der Waals surface area contributed by atoms with Gasteiger partial charge in [-0.15, -0.1) is 0 Å². The highest BCUT2D eigenvalue weighted by Gasteiger charge is 2.74. The van der Waals surface area contributed by atoms with Crippen molar-refractivity contribution in [1.82, 2.24) is 0 Å². The minimum absolute atomic E-state index is 0.00169. The zero-order chi connectivity index (χ0) is 24.2. The monoisotopic (exact) mass is 471 g/mol. The Labute approximate surface area is 184 Å². The third-order valence-corrected chi connectivity index (χ3v) is 6.34. The number of ketones is 1. The molecule has 3 rings (SSSR count). The van der Waals surface area contributed by atoms with E-state index in [1.807, 2.05) is 0 Å². The molecule has 1 unspecified atom stereocenters. The number of hydrogen-bond acceptors (Lipinski definition) is 4. The highest BCUT2D eigenvalue weighted by molar-refractivity contribution is 6.16. The predicted octanol–water partition coefficient (Wildman–Crippen LogP) is 4.87. The minimum atomic E-state index is -6.08. The summed E-state index contributed by atoms with van der Waals surface area (Å²) in [6.07, 6.45) is -6.16. The molecule has 0 aliphatic heterocycles. The number of fused-ring (bicyclic) bond motifs is 2. The minimum Gasteiger partial charge on any atom is -0.504 e. The number of rotatable bonds is 5. The molecule has 0 aromatic heterocycles. The highest BCUT2D eigenvalue weighted by Crippen LogP contribution is 2.61. The summed E-state index contributed by atoms with van der Waals surface area (Å²) in [5.41, 5.74) is -6.38. The molecule has 1 aliphatic rings. The molecule has 0 bridgehead atoms. The van der Waals surface area contributed by atoms with E-state index < -0.39 is 57.2 Å². The lowest BCUT2D eigenvalue weighted by Gasteiger charge is -2.46. The van der Waals surface area contributed by atoms with Crippen LogP contribution in [0.25, 0.3) is 0 Å². The molecule has 0 heterocycles. The Hall–Kier alpha value is -2.46. The maximum Gasteiger partial charge on any atom is 0.457 e. The molecule has 2 aromatic carbocycles. The molecular weight excluding hydrogens is 451 g/mol. The van der Waals surface area contributed by atoms with E-state index in [2.05, 4.69) is 10.5 Å². The van der Waals surface area contributed by atoms with Crippen LogP contribution in [-0.2, 0) is 29.3 Å². The number of halogens is 5. The number of hydrogen-bond donors (Lipinski definition) is 2. The van der Waals surface area contributed by atoms with Gasteiger partial charge in [0.25, 0.3) is 0 Å². The highest BCUT2D eigenvalue weighted by atomic mass is 28.2. The van der Waals surface area contributed by atoms with Crippen LogP contribution in [0.15, 0.2) is 18.2 Å². The van der Waals surface area contributed by atoms with E-state index in [9.17, 15) is 28.2 Å². The van der Waals surface area contributed by atoms with Crippen molar-refractivity contribution < 1.29 is 41.4 Å². The molecule has 0 fully saturated rings. The van der Waals surface area contributed by atoms with Crippen molar-refractivity contribution in [3.8, 4) is 11.5 Å². The molecule has 2 N–H and O–H groups in total. The summed E-state index contributed by atoms with van der Waals surface area (Å²) in [5, 5.41) is 21.1. The second-order valence-electron chi connectivity index (χ2n) is 7.49. The maximum absolute atomic E-state index is 15.5. The first-order valence-corrected chi connectivity index (χ1v) is 10.3. The number of carbonyl (C=O) groups excluding carboxylic acids is 1. The molecule has 0 spiro atoms. The first-order chi connectivity index (χ1) is 14.9. The van der Waals surface area contributed by atoms with Gasteiger partial charge in [0.05, 0.1) is 5.56 Å². The average molecular weight is 471 g/mol. The molecule has 171 valence electrons. The van der Waals surface area contributed by atoms with Crippen molar-refractivity contribution in [3.05, 3.63) is 57.1 Å². The largest absolute Gasteiger partial charge is 0.504 e. The summed E-state index contributed by atoms with van der Waals surface area (Å²) < 4.78 is 77.7. The van der Waals surface area contributed by atoms with E-state index in [1.165, 1.54) is 26.0 Å². The summed E-state index contributed by atoms with van der Waals surface area (Å²) in [6, 6.07) is 3.79. The topological polar surface area (TPSA) is 66.8 Å². The van der Waals surface area contributed by atoms with Gasteiger partial charge < -0.3 is 14.6 Å². The molecule has 1 atom stereocenters. The number of phenols is 2. The average Bonchev–Trinajstić information content (AvgIpc) is 2.74. The lowest BCUT2D eigenvalue weighted by Crippen LogP contribution is -2.59. The molecule has 2 aromatic rings. The van der Waals surface area contributed by atoms with Gasteiger partial charge in [-0.3, -0.25) is 4.79 Å². The van der Waals surface area contributed by atoms with Gasteiger partial charge in [-0.05, 0) is 30.4 Å². The fourth-order valence-corrected chi connectivity index (χ4v) is 4.98. The molecule has 1 aliphatic carbocycles. The quantitative estimate of drug-likeness (QED) is 0.371. The van der Waals surface area contributed by atoms with Crippen molar-refractivity contribution in [2.45, 2.75) is 57.7 Å². The smallest absolute Gasteiger partial charge is 0.457 e. The van der Waals surface area contributed by atoms with E-state index in [4.69, 9.17) is 4.43 Å². The Kier molecular flexibility index (Phi) is 5.93. The van der Waals surface area contributed by atoms with E-state index >= 15 is 8.78 Å². The molecule has 32 heavy (non-hydrogen) atoms. The van der Waals surface area contributed by atoms with Crippen molar-refractivity contribution in [1.29, 1.82) is 0 Å². The van der Waals surface area contributed by atoms with Gasteiger partial charge in [-0.1, -0.05) is 39.0 Å². The molecule has 10 heteroatoms. The second kappa shape index (κ2) is 7.84. The lowest BCUT2D eigenvalue weighted by atomic mass is 9.66. The summed E-state index contributed by atoms with van der Waals surface area (Å²) in [4.78, 5) is 13.3. The van der Waals surface area contributed by atoms with Gasteiger partial charge in [-0.25, -0.2) is 0 Å². The zero-order valence-electron chi connectivity index (χ0n) is 17.5. The van der Waals surface area contributed by atoms with Gasteiger partial charge in [0.1, 0.15) is 0 Å². The van der Waals surface area contributed by atoms with Crippen LogP contribution in [0.3, 0.4) is 0 Å². The first-order valence-electron chi connectivity index (χ1n) is 9.93. The van der Waals surface area contributed by atoms with Gasteiger partial charge >= 0.3 is 12.1 Å². The van der Waals surface area contributed by atoms with Crippen LogP contribution in [0, 0.1) is 0 Å². The molecule has 4 nitrogen and oxygen atoms in total. The third kappa shape index (κ3) is 2.85. The Bertz CT molecular complexity index is 1100. The lowest BCUT2D eigenvalue weighted by molar-refractivity contribution is -0.331. The molecule has 3 radical (unpaired) electrons. The Morgan fingerprint density at radius 3 is 2.00 bits per heavy atom. The van der Waals surface area contributed by atoms with Crippen LogP contribution in [0.2, 0.25) is 0 Å². The molecule has 0 saturated carbocycles. The van der Waals surface area contributed by atoms with Gasteiger partial charge in [0.2, 0.25) is 10.5 Å². The number of phenolic OH excluding ortho intramolecular Hbond substituents is 2. The Morgan fingerprint density at radius 2 is 1.53 bits per heavy atom. The molecule has 0 amide bonds. The maximum atomic E-state index is 15.5.